The zero-order chi connectivity index (χ0) is 29.8. The summed E-state index contributed by atoms with van der Waals surface area (Å²) >= 11 is 9.61. The van der Waals surface area contributed by atoms with Crippen molar-refractivity contribution in [3.63, 3.8) is 0 Å². The van der Waals surface area contributed by atoms with E-state index in [-0.39, 0.29) is 37.7 Å². The largest absolute Gasteiger partial charge is 0.354 e. The molecule has 0 aliphatic carbocycles. The van der Waals surface area contributed by atoms with Gasteiger partial charge in [-0.1, -0.05) is 89.4 Å². The third kappa shape index (κ3) is 10.5. The second-order valence-electron chi connectivity index (χ2n) is 9.92. The molecule has 0 radical (unpaired) electrons. The van der Waals surface area contributed by atoms with E-state index in [2.05, 4.69) is 28.2 Å². The molecule has 2 amide bonds. The van der Waals surface area contributed by atoms with Gasteiger partial charge < -0.3 is 10.2 Å². The number of unbranched alkanes of at least 4 members (excludes halogenated alkanes) is 1. The second-order valence-corrected chi connectivity index (χ2v) is 13.2. The normalized spacial score (nSPS) is 12.0. The van der Waals surface area contributed by atoms with Gasteiger partial charge in [-0.2, -0.15) is 0 Å². The van der Waals surface area contributed by atoms with Crippen LogP contribution in [0.3, 0.4) is 0 Å². The third-order valence-corrected chi connectivity index (χ3v) is 8.51. The first-order valence-electron chi connectivity index (χ1n) is 13.7. The van der Waals surface area contributed by atoms with Crippen molar-refractivity contribution in [2.75, 3.05) is 23.7 Å². The van der Waals surface area contributed by atoms with E-state index in [1.807, 2.05) is 54.6 Å². The Labute approximate surface area is 257 Å². The topological polar surface area (TPSA) is 86.8 Å². The van der Waals surface area contributed by atoms with Crippen molar-refractivity contribution in [3.8, 4) is 0 Å². The average molecular weight is 663 g/mol. The van der Waals surface area contributed by atoms with Crippen LogP contribution in [0.4, 0.5) is 5.69 Å². The quantitative estimate of drug-likeness (QED) is 0.196. The SMILES string of the molecule is CCCCNC(=O)[C@H](Cc1ccccc1)N(Cc1cccc(Br)c1)C(=O)CCCN(c1cccc(Cl)c1)S(C)(=O)=O. The maximum absolute atomic E-state index is 13.9. The predicted octanol–water partition coefficient (Wildman–Crippen LogP) is 6.21. The monoisotopic (exact) mass is 661 g/mol. The minimum absolute atomic E-state index is 0.0636. The van der Waals surface area contributed by atoms with Gasteiger partial charge in [0, 0.05) is 42.0 Å². The lowest BCUT2D eigenvalue weighted by Gasteiger charge is -2.32. The van der Waals surface area contributed by atoms with E-state index in [4.69, 9.17) is 11.6 Å². The molecular formula is C31H37BrClN3O4S. The smallest absolute Gasteiger partial charge is 0.243 e. The molecule has 0 bridgehead atoms. The average Bonchev–Trinajstić information content (AvgIpc) is 2.93. The number of nitrogens with zero attached hydrogens (tertiary/aromatic N) is 2. The standard InChI is InChI=1S/C31H37BrClN3O4S/c1-3-4-18-34-31(38)29(21-24-11-6-5-7-12-24)35(23-25-13-8-14-26(32)20-25)30(37)17-10-19-36(41(2,39)40)28-16-9-15-27(33)22-28/h5-9,11-16,20,22,29H,3-4,10,17-19,21,23H2,1-2H3,(H,34,38)/t29-/m0/s1. The number of hydrogen-bond donors (Lipinski definition) is 1. The lowest BCUT2D eigenvalue weighted by Crippen LogP contribution is -2.50. The van der Waals surface area contributed by atoms with Crippen LogP contribution in [-0.4, -0.2) is 50.5 Å². The summed E-state index contributed by atoms with van der Waals surface area (Å²) in [7, 11) is -3.61. The molecule has 0 saturated heterocycles. The Morgan fingerprint density at radius 3 is 2.32 bits per heavy atom. The third-order valence-electron chi connectivity index (χ3n) is 6.59. The van der Waals surface area contributed by atoms with Gasteiger partial charge in [-0.25, -0.2) is 8.42 Å². The first kappa shape index (κ1) is 32.6. The summed E-state index contributed by atoms with van der Waals surface area (Å²) in [6, 6.07) is 23.2. The van der Waals surface area contributed by atoms with Crippen molar-refractivity contribution in [1.82, 2.24) is 10.2 Å². The Balaban J connectivity index is 1.87. The fourth-order valence-corrected chi connectivity index (χ4v) is 6.12. The van der Waals surface area contributed by atoms with Crippen molar-refractivity contribution < 1.29 is 18.0 Å². The minimum Gasteiger partial charge on any atom is -0.354 e. The highest BCUT2D eigenvalue weighted by atomic mass is 79.9. The molecule has 0 spiro atoms. The van der Waals surface area contributed by atoms with Crippen molar-refractivity contribution in [2.24, 2.45) is 0 Å². The summed E-state index contributed by atoms with van der Waals surface area (Å²) in [5.74, 6) is -0.432. The molecule has 7 nitrogen and oxygen atoms in total. The first-order valence-corrected chi connectivity index (χ1v) is 16.7. The van der Waals surface area contributed by atoms with Gasteiger partial charge in [0.05, 0.1) is 11.9 Å². The molecule has 41 heavy (non-hydrogen) atoms. The Kier molecular flexibility index (Phi) is 12.7. The molecule has 220 valence electrons. The van der Waals surface area contributed by atoms with Gasteiger partial charge in [0.2, 0.25) is 21.8 Å². The maximum atomic E-state index is 13.9. The van der Waals surface area contributed by atoms with Crippen LogP contribution in [0, 0.1) is 0 Å². The van der Waals surface area contributed by atoms with Crippen LogP contribution in [-0.2, 0) is 32.6 Å². The van der Waals surface area contributed by atoms with Gasteiger partial charge in [-0.3, -0.25) is 13.9 Å². The van der Waals surface area contributed by atoms with E-state index in [1.54, 1.807) is 29.2 Å². The summed E-state index contributed by atoms with van der Waals surface area (Å²) in [5.41, 5.74) is 2.26. The fraction of sp³-hybridized carbons (Fsp3) is 0.355. The number of amides is 2. The number of sulfonamides is 1. The van der Waals surface area contributed by atoms with Gasteiger partial charge in [-0.15, -0.1) is 0 Å². The Hall–Kier alpha value is -2.88. The molecule has 0 aromatic heterocycles. The molecule has 3 aromatic rings. The van der Waals surface area contributed by atoms with Crippen LogP contribution >= 0.6 is 27.5 Å². The van der Waals surface area contributed by atoms with Crippen LogP contribution in [0.15, 0.2) is 83.3 Å². The molecule has 0 unspecified atom stereocenters. The number of carbonyl (C=O) groups is 2. The molecule has 10 heteroatoms. The zero-order valence-electron chi connectivity index (χ0n) is 23.4. The summed E-state index contributed by atoms with van der Waals surface area (Å²) < 4.78 is 27.3. The number of benzene rings is 3. The summed E-state index contributed by atoms with van der Waals surface area (Å²) in [5, 5.41) is 3.44. The van der Waals surface area contributed by atoms with Crippen LogP contribution in [0.25, 0.3) is 0 Å². The van der Waals surface area contributed by atoms with Gasteiger partial charge in [-0.05, 0) is 54.3 Å². The molecule has 3 rings (SSSR count). The van der Waals surface area contributed by atoms with E-state index < -0.39 is 16.1 Å². The number of halogens is 2. The van der Waals surface area contributed by atoms with E-state index >= 15 is 0 Å². The minimum atomic E-state index is -3.61. The van der Waals surface area contributed by atoms with Crippen molar-refractivity contribution in [3.05, 3.63) is 99.5 Å². The van der Waals surface area contributed by atoms with E-state index in [1.165, 1.54) is 4.31 Å². The lowest BCUT2D eigenvalue weighted by molar-refractivity contribution is -0.141. The number of nitrogens with one attached hydrogen (secondary N) is 1. The number of anilines is 1. The van der Waals surface area contributed by atoms with E-state index in [9.17, 15) is 18.0 Å². The highest BCUT2D eigenvalue weighted by molar-refractivity contribution is 9.10. The molecule has 0 fully saturated rings. The highest BCUT2D eigenvalue weighted by Crippen LogP contribution is 2.23. The number of hydrogen-bond acceptors (Lipinski definition) is 4. The summed E-state index contributed by atoms with van der Waals surface area (Å²) in [6.45, 7) is 2.92. The molecule has 1 atom stereocenters. The molecular weight excluding hydrogens is 626 g/mol. The maximum Gasteiger partial charge on any atom is 0.243 e. The van der Waals surface area contributed by atoms with Gasteiger partial charge in [0.1, 0.15) is 6.04 Å². The van der Waals surface area contributed by atoms with Gasteiger partial charge in [0.25, 0.3) is 0 Å². The first-order chi connectivity index (χ1) is 19.6. The molecule has 3 aromatic carbocycles. The van der Waals surface area contributed by atoms with Crippen LogP contribution in [0.2, 0.25) is 5.02 Å². The van der Waals surface area contributed by atoms with Crippen molar-refractivity contribution in [2.45, 2.75) is 51.6 Å². The van der Waals surface area contributed by atoms with Crippen LogP contribution < -0.4 is 9.62 Å². The zero-order valence-corrected chi connectivity index (χ0v) is 26.6. The highest BCUT2D eigenvalue weighted by Gasteiger charge is 2.30. The van der Waals surface area contributed by atoms with Crippen molar-refractivity contribution >= 4 is 55.1 Å². The molecule has 0 saturated carbocycles. The number of carbonyl (C=O) groups excluding carboxylic acids is 2. The molecule has 0 aliphatic rings. The molecule has 0 heterocycles. The van der Waals surface area contributed by atoms with E-state index in [0.717, 1.165) is 34.7 Å². The summed E-state index contributed by atoms with van der Waals surface area (Å²) in [4.78, 5) is 29.0. The predicted molar refractivity (Wildman–Crippen MR) is 169 cm³/mol. The molecule has 1 N–H and O–H groups in total. The van der Waals surface area contributed by atoms with Gasteiger partial charge >= 0.3 is 0 Å². The van der Waals surface area contributed by atoms with E-state index in [0.29, 0.717) is 23.7 Å². The van der Waals surface area contributed by atoms with Crippen molar-refractivity contribution in [1.29, 1.82) is 0 Å². The molecule has 0 aliphatic heterocycles. The summed E-state index contributed by atoms with van der Waals surface area (Å²) in [6.07, 6.45) is 3.60. The number of rotatable bonds is 15. The van der Waals surface area contributed by atoms with Gasteiger partial charge in [0.15, 0.2) is 0 Å². The Bertz CT molecular complexity index is 1410. The Morgan fingerprint density at radius 2 is 1.66 bits per heavy atom. The lowest BCUT2D eigenvalue weighted by atomic mass is 10.0. The van der Waals surface area contributed by atoms with Crippen LogP contribution in [0.1, 0.15) is 43.7 Å². The fourth-order valence-electron chi connectivity index (χ4n) is 4.53. The second kappa shape index (κ2) is 15.9. The van der Waals surface area contributed by atoms with Crippen LogP contribution in [0.5, 0.6) is 0 Å². The Morgan fingerprint density at radius 1 is 0.951 bits per heavy atom.